The molecule has 0 spiro atoms. The number of likely N-dealkylation sites (tertiary alicyclic amines) is 1. The van der Waals surface area contributed by atoms with Crippen LogP contribution in [0.15, 0.2) is 52.3 Å². The summed E-state index contributed by atoms with van der Waals surface area (Å²) in [5.41, 5.74) is 2.61. The van der Waals surface area contributed by atoms with E-state index in [4.69, 9.17) is 0 Å². The Kier molecular flexibility index (Phi) is 5.41. The number of nitrogens with zero attached hydrogens (tertiary/aromatic N) is 2. The lowest BCUT2D eigenvalue weighted by Gasteiger charge is -2.32. The van der Waals surface area contributed by atoms with E-state index < -0.39 is 11.2 Å². The summed E-state index contributed by atoms with van der Waals surface area (Å²) in [6, 6.07) is 10.2. The van der Waals surface area contributed by atoms with Gasteiger partial charge in [-0.1, -0.05) is 30.3 Å². The largest absolute Gasteiger partial charge is 0.342 e. The van der Waals surface area contributed by atoms with Gasteiger partial charge in [0.15, 0.2) is 0 Å². The molecule has 0 radical (unpaired) electrons. The van der Waals surface area contributed by atoms with Gasteiger partial charge in [-0.05, 0) is 24.0 Å². The Labute approximate surface area is 167 Å². The van der Waals surface area contributed by atoms with Crippen molar-refractivity contribution in [2.75, 3.05) is 13.1 Å². The molecule has 1 aliphatic heterocycles. The first-order chi connectivity index (χ1) is 14.1. The van der Waals surface area contributed by atoms with E-state index in [1.54, 1.807) is 4.90 Å². The zero-order valence-corrected chi connectivity index (χ0v) is 16.0. The number of carbonyl (C=O) groups excluding carboxylic acids is 1. The Morgan fingerprint density at radius 1 is 1.17 bits per heavy atom. The van der Waals surface area contributed by atoms with Crippen LogP contribution in [0.2, 0.25) is 0 Å². The number of nitrogens with one attached hydrogen (secondary N) is 3. The molecule has 1 aliphatic rings. The van der Waals surface area contributed by atoms with Crippen molar-refractivity contribution in [3.05, 3.63) is 85.9 Å². The van der Waals surface area contributed by atoms with Crippen LogP contribution in [0.1, 0.15) is 41.1 Å². The van der Waals surface area contributed by atoms with E-state index in [-0.39, 0.29) is 23.8 Å². The van der Waals surface area contributed by atoms with Gasteiger partial charge in [-0.3, -0.25) is 19.7 Å². The second-order valence-corrected chi connectivity index (χ2v) is 7.42. The van der Waals surface area contributed by atoms with Crippen LogP contribution >= 0.6 is 0 Å². The second-order valence-electron chi connectivity index (χ2n) is 7.42. The lowest BCUT2D eigenvalue weighted by atomic mass is 9.90. The van der Waals surface area contributed by atoms with E-state index in [0.29, 0.717) is 13.1 Å². The molecule has 3 heterocycles. The highest BCUT2D eigenvalue weighted by Crippen LogP contribution is 2.29. The van der Waals surface area contributed by atoms with Gasteiger partial charge in [0.2, 0.25) is 5.91 Å². The average molecular weight is 393 g/mol. The van der Waals surface area contributed by atoms with Crippen LogP contribution in [0.5, 0.6) is 0 Å². The number of aromatic amines is 3. The summed E-state index contributed by atoms with van der Waals surface area (Å²) in [7, 11) is 0. The van der Waals surface area contributed by atoms with E-state index in [1.807, 2.05) is 24.4 Å². The topological polar surface area (TPSA) is 115 Å². The summed E-state index contributed by atoms with van der Waals surface area (Å²) < 4.78 is 0. The van der Waals surface area contributed by atoms with Crippen molar-refractivity contribution in [3.8, 4) is 0 Å². The zero-order valence-electron chi connectivity index (χ0n) is 16.0. The molecule has 3 aromatic rings. The SMILES string of the molecule is O=C(Cc1c[nH]c(=O)[nH]c1=O)N1CCC[C@@H](c2[nH]ncc2Cc2ccccc2)C1. The van der Waals surface area contributed by atoms with Crippen LogP contribution in [0.4, 0.5) is 0 Å². The average Bonchev–Trinajstić information content (AvgIpc) is 3.19. The number of aromatic nitrogens is 4. The summed E-state index contributed by atoms with van der Waals surface area (Å²) in [5.74, 6) is 0.0687. The predicted octanol–water partition coefficient (Wildman–Crippen LogP) is 1.33. The maximum Gasteiger partial charge on any atom is 0.325 e. The Morgan fingerprint density at radius 3 is 2.79 bits per heavy atom. The highest BCUT2D eigenvalue weighted by molar-refractivity contribution is 5.78. The molecule has 1 saturated heterocycles. The molecule has 3 N–H and O–H groups in total. The van der Waals surface area contributed by atoms with E-state index in [1.165, 1.54) is 11.8 Å². The van der Waals surface area contributed by atoms with Gasteiger partial charge in [-0.15, -0.1) is 0 Å². The molecule has 0 saturated carbocycles. The number of piperidine rings is 1. The number of hydrogen-bond acceptors (Lipinski definition) is 4. The minimum atomic E-state index is -0.575. The summed E-state index contributed by atoms with van der Waals surface area (Å²) in [6.07, 6.45) is 5.81. The van der Waals surface area contributed by atoms with Crippen LogP contribution < -0.4 is 11.2 Å². The molecular weight excluding hydrogens is 370 g/mol. The van der Waals surface area contributed by atoms with Crippen molar-refractivity contribution in [1.82, 2.24) is 25.1 Å². The molecule has 8 heteroatoms. The number of hydrogen-bond donors (Lipinski definition) is 3. The van der Waals surface area contributed by atoms with Crippen LogP contribution in [-0.2, 0) is 17.6 Å². The molecule has 29 heavy (non-hydrogen) atoms. The van der Waals surface area contributed by atoms with Gasteiger partial charge < -0.3 is 9.88 Å². The van der Waals surface area contributed by atoms with Gasteiger partial charge in [0.05, 0.1) is 12.6 Å². The minimum absolute atomic E-state index is 0.0291. The third-order valence-electron chi connectivity index (χ3n) is 5.41. The van der Waals surface area contributed by atoms with Gasteiger partial charge in [-0.2, -0.15) is 5.10 Å². The zero-order chi connectivity index (χ0) is 20.2. The van der Waals surface area contributed by atoms with Crippen molar-refractivity contribution in [3.63, 3.8) is 0 Å². The number of H-pyrrole nitrogens is 3. The van der Waals surface area contributed by atoms with Crippen molar-refractivity contribution >= 4 is 5.91 Å². The molecule has 0 unspecified atom stereocenters. The Balaban J connectivity index is 1.46. The van der Waals surface area contributed by atoms with Crippen LogP contribution in [0, 0.1) is 0 Å². The summed E-state index contributed by atoms with van der Waals surface area (Å²) in [5, 5.41) is 7.38. The fraction of sp³-hybridized carbons (Fsp3) is 0.333. The molecule has 1 aromatic carbocycles. The van der Waals surface area contributed by atoms with Crippen molar-refractivity contribution in [2.45, 2.75) is 31.6 Å². The molecule has 0 bridgehead atoms. The third kappa shape index (κ3) is 4.37. The van der Waals surface area contributed by atoms with Crippen molar-refractivity contribution < 1.29 is 4.79 Å². The summed E-state index contributed by atoms with van der Waals surface area (Å²) >= 11 is 0. The molecule has 0 aliphatic carbocycles. The van der Waals surface area contributed by atoms with E-state index >= 15 is 0 Å². The molecule has 150 valence electrons. The van der Waals surface area contributed by atoms with Gasteiger partial charge in [-0.25, -0.2) is 4.79 Å². The Morgan fingerprint density at radius 2 is 2.00 bits per heavy atom. The molecular formula is C21H23N5O3. The monoisotopic (exact) mass is 393 g/mol. The highest BCUT2D eigenvalue weighted by atomic mass is 16.2. The number of carbonyl (C=O) groups is 1. The fourth-order valence-electron chi connectivity index (χ4n) is 3.91. The van der Waals surface area contributed by atoms with Crippen LogP contribution in [-0.4, -0.2) is 44.1 Å². The number of amides is 1. The number of benzene rings is 1. The summed E-state index contributed by atoms with van der Waals surface area (Å²) in [6.45, 7) is 1.25. The molecule has 1 amide bonds. The fourth-order valence-corrected chi connectivity index (χ4v) is 3.91. The molecule has 1 atom stereocenters. The smallest absolute Gasteiger partial charge is 0.325 e. The van der Waals surface area contributed by atoms with Gasteiger partial charge in [0.25, 0.3) is 5.56 Å². The van der Waals surface area contributed by atoms with E-state index in [2.05, 4.69) is 32.3 Å². The Bertz CT molecular complexity index is 1100. The van der Waals surface area contributed by atoms with E-state index in [9.17, 15) is 14.4 Å². The second kappa shape index (κ2) is 8.30. The summed E-state index contributed by atoms with van der Waals surface area (Å²) in [4.78, 5) is 42.1. The van der Waals surface area contributed by atoms with Crippen LogP contribution in [0.3, 0.4) is 0 Å². The normalized spacial score (nSPS) is 16.7. The lowest BCUT2D eigenvalue weighted by Crippen LogP contribution is -2.41. The maximum atomic E-state index is 12.8. The first-order valence-electron chi connectivity index (χ1n) is 9.75. The van der Waals surface area contributed by atoms with Gasteiger partial charge >= 0.3 is 5.69 Å². The third-order valence-corrected chi connectivity index (χ3v) is 5.41. The lowest BCUT2D eigenvalue weighted by molar-refractivity contribution is -0.131. The molecule has 1 fully saturated rings. The minimum Gasteiger partial charge on any atom is -0.342 e. The van der Waals surface area contributed by atoms with Crippen molar-refractivity contribution in [2.24, 2.45) is 0 Å². The molecule has 2 aromatic heterocycles. The quantitative estimate of drug-likeness (QED) is 0.606. The van der Waals surface area contributed by atoms with Gasteiger partial charge in [0, 0.05) is 42.9 Å². The molecule has 8 nitrogen and oxygen atoms in total. The standard InChI is InChI=1S/C21H23N5O3/c27-18(10-17-11-22-21(29)24-20(17)28)26-8-4-7-15(13-26)19-16(12-23-25-19)9-14-5-2-1-3-6-14/h1-3,5-6,11-12,15H,4,7-10,13H2,(H,23,25)(H2,22,24,28,29)/t15-/m1/s1. The predicted molar refractivity (Wildman–Crippen MR) is 108 cm³/mol. The highest BCUT2D eigenvalue weighted by Gasteiger charge is 2.27. The Hall–Kier alpha value is -3.42. The number of rotatable bonds is 5. The first kappa shape index (κ1) is 18.9. The van der Waals surface area contributed by atoms with Crippen LogP contribution in [0.25, 0.3) is 0 Å². The first-order valence-corrected chi connectivity index (χ1v) is 9.75. The van der Waals surface area contributed by atoms with Gasteiger partial charge in [0.1, 0.15) is 0 Å². The maximum absolute atomic E-state index is 12.8. The van der Waals surface area contributed by atoms with E-state index in [0.717, 1.165) is 30.5 Å². The van der Waals surface area contributed by atoms with Crippen molar-refractivity contribution in [1.29, 1.82) is 0 Å². The molecule has 4 rings (SSSR count).